The van der Waals surface area contributed by atoms with Crippen molar-refractivity contribution < 1.29 is 17.5 Å². The first-order chi connectivity index (χ1) is 13.9. The van der Waals surface area contributed by atoms with Crippen LogP contribution in [0.2, 0.25) is 0 Å². The van der Waals surface area contributed by atoms with E-state index in [-0.39, 0.29) is 17.9 Å². The van der Waals surface area contributed by atoms with Crippen LogP contribution in [0.5, 0.6) is 5.75 Å². The number of fused-ring (bicyclic) bond motifs is 2. The van der Waals surface area contributed by atoms with E-state index >= 15 is 0 Å². The van der Waals surface area contributed by atoms with Crippen LogP contribution in [0.4, 0.5) is 21.5 Å². The Bertz CT molecular complexity index is 1350. The summed E-state index contributed by atoms with van der Waals surface area (Å²) in [6.45, 7) is 0. The standard InChI is InChI=1S/C21H18FN3O3S.ClH/c1-28-19-12-13(25-29(2,26)27)10-11-18(19)24-20-14-6-3-4-9-17(14)23-21-15(20)7-5-8-16(21)22;/h3-12,25H,1-2H3,(H,23,24);1H. The van der Waals surface area contributed by atoms with Crippen LogP contribution < -0.4 is 14.8 Å². The van der Waals surface area contributed by atoms with Crippen molar-refractivity contribution in [2.24, 2.45) is 0 Å². The zero-order valence-electron chi connectivity index (χ0n) is 16.1. The van der Waals surface area contributed by atoms with Gasteiger partial charge in [0.05, 0.1) is 35.9 Å². The minimum atomic E-state index is -3.41. The van der Waals surface area contributed by atoms with Gasteiger partial charge in [0.15, 0.2) is 0 Å². The van der Waals surface area contributed by atoms with E-state index in [4.69, 9.17) is 4.74 Å². The van der Waals surface area contributed by atoms with Gasteiger partial charge in [0.25, 0.3) is 0 Å². The van der Waals surface area contributed by atoms with Gasteiger partial charge in [0.1, 0.15) is 17.1 Å². The molecule has 0 aliphatic carbocycles. The molecule has 0 amide bonds. The lowest BCUT2D eigenvalue weighted by atomic mass is 10.1. The minimum Gasteiger partial charge on any atom is -0.494 e. The van der Waals surface area contributed by atoms with Gasteiger partial charge in [-0.3, -0.25) is 4.72 Å². The first-order valence-electron chi connectivity index (χ1n) is 8.75. The van der Waals surface area contributed by atoms with Gasteiger partial charge in [-0.2, -0.15) is 0 Å². The van der Waals surface area contributed by atoms with Crippen LogP contribution in [0.15, 0.2) is 60.7 Å². The number of rotatable bonds is 5. The zero-order chi connectivity index (χ0) is 20.6. The molecule has 0 unspecified atom stereocenters. The Labute approximate surface area is 179 Å². The number of nitrogens with zero attached hydrogens (tertiary/aromatic N) is 1. The molecule has 0 spiro atoms. The first-order valence-corrected chi connectivity index (χ1v) is 10.6. The molecule has 4 rings (SSSR count). The van der Waals surface area contributed by atoms with Crippen molar-refractivity contribution in [1.82, 2.24) is 4.98 Å². The number of ether oxygens (including phenoxy) is 1. The second-order valence-electron chi connectivity index (χ2n) is 6.55. The highest BCUT2D eigenvalue weighted by Crippen LogP contribution is 2.37. The number of benzene rings is 3. The molecule has 0 aliphatic heterocycles. The number of hydrogen-bond acceptors (Lipinski definition) is 5. The summed E-state index contributed by atoms with van der Waals surface area (Å²) in [4.78, 5) is 4.45. The number of para-hydroxylation sites is 2. The highest BCUT2D eigenvalue weighted by Gasteiger charge is 2.14. The smallest absolute Gasteiger partial charge is 0.229 e. The average molecular weight is 448 g/mol. The third-order valence-corrected chi connectivity index (χ3v) is 5.03. The number of hydrogen-bond donors (Lipinski definition) is 2. The van der Waals surface area contributed by atoms with Crippen molar-refractivity contribution in [3.8, 4) is 5.75 Å². The Kier molecular flexibility index (Phi) is 6.00. The first kappa shape index (κ1) is 21.6. The zero-order valence-corrected chi connectivity index (χ0v) is 17.8. The van der Waals surface area contributed by atoms with Crippen LogP contribution >= 0.6 is 12.4 Å². The minimum absolute atomic E-state index is 0. The van der Waals surface area contributed by atoms with Gasteiger partial charge in [-0.05, 0) is 24.3 Å². The maximum Gasteiger partial charge on any atom is 0.229 e. The lowest BCUT2D eigenvalue weighted by molar-refractivity contribution is 0.417. The number of methoxy groups -OCH3 is 1. The summed E-state index contributed by atoms with van der Waals surface area (Å²) in [7, 11) is -1.92. The lowest BCUT2D eigenvalue weighted by Gasteiger charge is -2.16. The number of halogens is 2. The van der Waals surface area contributed by atoms with E-state index in [9.17, 15) is 12.8 Å². The van der Waals surface area contributed by atoms with Crippen molar-refractivity contribution in [3.05, 3.63) is 66.5 Å². The van der Waals surface area contributed by atoms with Gasteiger partial charge < -0.3 is 10.1 Å². The fourth-order valence-corrected chi connectivity index (χ4v) is 3.78. The fourth-order valence-electron chi connectivity index (χ4n) is 3.22. The third-order valence-electron chi connectivity index (χ3n) is 4.43. The number of anilines is 3. The average Bonchev–Trinajstić information content (AvgIpc) is 2.68. The Morgan fingerprint density at radius 1 is 1.00 bits per heavy atom. The Balaban J connectivity index is 0.00000256. The molecule has 2 N–H and O–H groups in total. The van der Waals surface area contributed by atoms with Crippen molar-refractivity contribution in [2.75, 3.05) is 23.4 Å². The molecule has 0 saturated heterocycles. The largest absolute Gasteiger partial charge is 0.494 e. The van der Waals surface area contributed by atoms with Crippen LogP contribution in [0.1, 0.15) is 0 Å². The van der Waals surface area contributed by atoms with Gasteiger partial charge in [0, 0.05) is 16.8 Å². The highest BCUT2D eigenvalue weighted by atomic mass is 35.5. The summed E-state index contributed by atoms with van der Waals surface area (Å²) in [5.74, 6) is 0.0278. The monoisotopic (exact) mass is 447 g/mol. The summed E-state index contributed by atoms with van der Waals surface area (Å²) in [5, 5.41) is 4.77. The van der Waals surface area contributed by atoms with E-state index < -0.39 is 15.8 Å². The summed E-state index contributed by atoms with van der Waals surface area (Å²) in [5.41, 5.74) is 2.59. The predicted molar refractivity (Wildman–Crippen MR) is 121 cm³/mol. The van der Waals surface area contributed by atoms with Crippen molar-refractivity contribution in [1.29, 1.82) is 0 Å². The van der Waals surface area contributed by atoms with E-state index in [1.807, 2.05) is 24.3 Å². The quantitative estimate of drug-likeness (QED) is 0.417. The number of nitrogens with one attached hydrogen (secondary N) is 2. The summed E-state index contributed by atoms with van der Waals surface area (Å²) in [6, 6.07) is 17.2. The molecule has 4 aromatic rings. The molecule has 1 heterocycles. The van der Waals surface area contributed by atoms with Gasteiger partial charge in [-0.1, -0.05) is 30.3 Å². The highest BCUT2D eigenvalue weighted by molar-refractivity contribution is 7.92. The van der Waals surface area contributed by atoms with Gasteiger partial charge >= 0.3 is 0 Å². The van der Waals surface area contributed by atoms with E-state index in [0.717, 1.165) is 11.6 Å². The maximum atomic E-state index is 14.4. The summed E-state index contributed by atoms with van der Waals surface area (Å²) in [6.07, 6.45) is 1.08. The Morgan fingerprint density at radius 2 is 1.73 bits per heavy atom. The molecule has 0 atom stereocenters. The van der Waals surface area contributed by atoms with E-state index in [0.29, 0.717) is 33.7 Å². The fraction of sp³-hybridized carbons (Fsp3) is 0.0952. The third kappa shape index (κ3) is 4.24. The maximum absolute atomic E-state index is 14.4. The van der Waals surface area contributed by atoms with Crippen molar-refractivity contribution in [3.63, 3.8) is 0 Å². The van der Waals surface area contributed by atoms with Crippen LogP contribution in [0.3, 0.4) is 0 Å². The molecule has 0 saturated carbocycles. The second kappa shape index (κ2) is 8.33. The van der Waals surface area contributed by atoms with Gasteiger partial charge in [-0.15, -0.1) is 12.4 Å². The molecule has 0 bridgehead atoms. The SMILES string of the molecule is COc1cc(NS(C)(=O)=O)ccc1Nc1c2ccccc2nc2c(F)cccc12.Cl. The summed E-state index contributed by atoms with van der Waals surface area (Å²) < 4.78 is 45.2. The van der Waals surface area contributed by atoms with E-state index in [1.54, 1.807) is 30.3 Å². The molecule has 0 aliphatic rings. The van der Waals surface area contributed by atoms with Gasteiger partial charge in [-0.25, -0.2) is 17.8 Å². The van der Waals surface area contributed by atoms with Crippen LogP contribution in [-0.4, -0.2) is 26.8 Å². The van der Waals surface area contributed by atoms with Crippen LogP contribution in [-0.2, 0) is 10.0 Å². The number of sulfonamides is 1. The lowest BCUT2D eigenvalue weighted by Crippen LogP contribution is -2.09. The van der Waals surface area contributed by atoms with Crippen molar-refractivity contribution in [2.45, 2.75) is 0 Å². The van der Waals surface area contributed by atoms with E-state index in [1.165, 1.54) is 13.2 Å². The number of pyridine rings is 1. The van der Waals surface area contributed by atoms with E-state index in [2.05, 4.69) is 15.0 Å². The van der Waals surface area contributed by atoms with Crippen molar-refractivity contribution >= 4 is 61.3 Å². The summed E-state index contributed by atoms with van der Waals surface area (Å²) >= 11 is 0. The number of aromatic nitrogens is 1. The Hall–Kier alpha value is -3.10. The molecule has 9 heteroatoms. The Morgan fingerprint density at radius 3 is 2.47 bits per heavy atom. The molecular weight excluding hydrogens is 429 g/mol. The molecule has 0 fully saturated rings. The van der Waals surface area contributed by atoms with Crippen LogP contribution in [0, 0.1) is 5.82 Å². The molecular formula is C21H19ClFN3O3S. The van der Waals surface area contributed by atoms with Crippen LogP contribution in [0.25, 0.3) is 21.8 Å². The second-order valence-corrected chi connectivity index (χ2v) is 8.30. The molecule has 30 heavy (non-hydrogen) atoms. The molecule has 6 nitrogen and oxygen atoms in total. The molecule has 0 radical (unpaired) electrons. The normalized spacial score (nSPS) is 11.2. The molecule has 1 aromatic heterocycles. The van der Waals surface area contributed by atoms with Gasteiger partial charge in [0.2, 0.25) is 10.0 Å². The topological polar surface area (TPSA) is 80.3 Å². The molecule has 156 valence electrons. The predicted octanol–water partition coefficient (Wildman–Crippen LogP) is 5.07. The molecule has 3 aromatic carbocycles.